The van der Waals surface area contributed by atoms with Gasteiger partial charge in [-0.05, 0) is 83.2 Å². The van der Waals surface area contributed by atoms with Crippen LogP contribution >= 0.6 is 11.3 Å². The second-order valence-corrected chi connectivity index (χ2v) is 12.0. The minimum absolute atomic E-state index is 0.186. The third-order valence-corrected chi connectivity index (χ3v) is 9.32. The van der Waals surface area contributed by atoms with E-state index in [1.807, 2.05) is 0 Å². The number of benzene rings is 8. The van der Waals surface area contributed by atoms with Crippen molar-refractivity contribution < 1.29 is 41.1 Å². The zero-order chi connectivity index (χ0) is 59.6. The Morgan fingerprint density at radius 2 is 0.882 bits per heavy atom. The lowest BCUT2D eigenvalue weighted by Gasteiger charge is -2.15. The Morgan fingerprint density at radius 1 is 0.353 bits per heavy atom. The van der Waals surface area contributed by atoms with Crippen molar-refractivity contribution in [2.45, 2.75) is 0 Å². The maximum Gasteiger partial charge on any atom is 0.0652 e. The Bertz CT molecular complexity index is 4820. The lowest BCUT2D eigenvalue weighted by molar-refractivity contribution is 1.18. The number of para-hydroxylation sites is 3. The van der Waals surface area contributed by atoms with Gasteiger partial charge in [-0.15, -0.1) is 11.3 Å². The standard InChI is InChI=1S/C48H30N2S/c1-3-13-31(14-4-1)38-30-48-41(37-19-9-12-22-47(37)51-48)29-46(38)50-43-21-11-8-18-36(43)40-28-33(24-26-45(40)50)32-23-25-44-39(27-32)35-17-7-10-20-42(35)49(44)34-15-5-2-6-16-34/h1-30H/i1D,2D,3D,4D,5D,6D,7D,8D,9D,10D,11D,12D,13D,14D,15D,16D,17D,18D,19D,20D,21D,22D,23D,24D,25D,26D,27D,28D,29D,30D. The fourth-order valence-corrected chi connectivity index (χ4v) is 7.16. The van der Waals surface area contributed by atoms with E-state index in [2.05, 4.69) is 0 Å². The molecule has 0 aliphatic carbocycles. The van der Waals surface area contributed by atoms with E-state index >= 15 is 0 Å². The van der Waals surface area contributed by atoms with Crippen molar-refractivity contribution >= 4 is 75.1 Å². The average Bonchev–Trinajstić information content (AvgIpc) is 2.93. The van der Waals surface area contributed by atoms with Crippen LogP contribution in [-0.2, 0) is 0 Å². The normalized spacial score (nSPS) is 20.2. The molecule has 3 aromatic heterocycles. The molecule has 11 aromatic rings. The predicted octanol–water partition coefficient (Wildman–Crippen LogP) is 13.6. The van der Waals surface area contributed by atoms with Crippen molar-refractivity contribution in [3.05, 3.63) is 181 Å². The van der Waals surface area contributed by atoms with Gasteiger partial charge in [0.15, 0.2) is 0 Å². The van der Waals surface area contributed by atoms with E-state index in [0.29, 0.717) is 11.3 Å². The molecule has 0 aliphatic heterocycles. The Morgan fingerprint density at radius 3 is 1.57 bits per heavy atom. The van der Waals surface area contributed by atoms with Gasteiger partial charge in [0.05, 0.1) is 68.9 Å². The summed E-state index contributed by atoms with van der Waals surface area (Å²) in [7, 11) is 0. The summed E-state index contributed by atoms with van der Waals surface area (Å²) in [6.07, 6.45) is 0. The maximum atomic E-state index is 10.1. The van der Waals surface area contributed by atoms with Gasteiger partial charge in [0, 0.05) is 53.0 Å². The summed E-state index contributed by atoms with van der Waals surface area (Å²) < 4.78 is 273. The molecule has 0 N–H and O–H groups in total. The molecule has 0 saturated heterocycles. The quantitative estimate of drug-likeness (QED) is 0.173. The van der Waals surface area contributed by atoms with Crippen molar-refractivity contribution in [2.75, 3.05) is 0 Å². The van der Waals surface area contributed by atoms with Crippen molar-refractivity contribution in [1.82, 2.24) is 9.13 Å². The average molecular weight is 697 g/mol. The number of rotatable bonds is 4. The van der Waals surface area contributed by atoms with Gasteiger partial charge in [-0.25, -0.2) is 0 Å². The summed E-state index contributed by atoms with van der Waals surface area (Å²) in [5, 5.41) is -3.23. The Hall–Kier alpha value is -6.42. The van der Waals surface area contributed by atoms with Crippen molar-refractivity contribution in [1.29, 1.82) is 0 Å². The molecule has 3 heteroatoms. The van der Waals surface area contributed by atoms with Crippen LogP contribution in [-0.4, -0.2) is 9.13 Å². The molecule has 0 amide bonds. The molecule has 0 fully saturated rings. The van der Waals surface area contributed by atoms with Crippen molar-refractivity contribution in [2.24, 2.45) is 0 Å². The fraction of sp³-hybridized carbons (Fsp3) is 0. The van der Waals surface area contributed by atoms with Crippen LogP contribution in [0, 0.1) is 0 Å². The van der Waals surface area contributed by atoms with Crippen LogP contribution in [0.5, 0.6) is 0 Å². The van der Waals surface area contributed by atoms with Gasteiger partial charge in [-0.3, -0.25) is 0 Å². The summed E-state index contributed by atoms with van der Waals surface area (Å²) in [6.45, 7) is 0. The van der Waals surface area contributed by atoms with Crippen LogP contribution in [0.15, 0.2) is 181 Å². The molecule has 51 heavy (non-hydrogen) atoms. The zero-order valence-electron chi connectivity index (χ0n) is 55.3. The van der Waals surface area contributed by atoms with E-state index in [-0.39, 0.29) is 20.2 Å². The van der Waals surface area contributed by atoms with Crippen molar-refractivity contribution in [3.8, 4) is 33.6 Å². The number of fused-ring (bicyclic) bond motifs is 9. The van der Waals surface area contributed by atoms with Crippen LogP contribution in [0.25, 0.3) is 97.4 Å². The van der Waals surface area contributed by atoms with Crippen LogP contribution in [0.2, 0.25) is 0 Å². The third-order valence-electron chi connectivity index (χ3n) is 8.30. The molecular formula is C48H30N2S. The third kappa shape index (κ3) is 4.29. The minimum Gasteiger partial charge on any atom is -0.309 e. The first kappa shape index (κ1) is 11.8. The fourth-order valence-electron chi connectivity index (χ4n) is 6.19. The minimum atomic E-state index is -1.10. The molecule has 0 unspecified atom stereocenters. The molecule has 0 spiro atoms. The van der Waals surface area contributed by atoms with Gasteiger partial charge >= 0.3 is 0 Å². The monoisotopic (exact) mass is 696 g/mol. The highest BCUT2D eigenvalue weighted by molar-refractivity contribution is 7.25. The molecule has 0 aliphatic rings. The number of nitrogens with zero attached hydrogens (tertiary/aromatic N) is 2. The molecule has 3 heterocycles. The molecule has 11 rings (SSSR count). The lowest BCUT2D eigenvalue weighted by atomic mass is 10.00. The first-order valence-electron chi connectivity index (χ1n) is 30.0. The van der Waals surface area contributed by atoms with E-state index in [0.717, 1.165) is 9.13 Å². The Labute approximate surface area is 340 Å². The second kappa shape index (κ2) is 11.0. The molecule has 0 radical (unpaired) electrons. The molecule has 0 saturated carbocycles. The smallest absolute Gasteiger partial charge is 0.0652 e. The van der Waals surface area contributed by atoms with Crippen LogP contribution in [0.4, 0.5) is 0 Å². The molecule has 0 atom stereocenters. The van der Waals surface area contributed by atoms with E-state index in [1.54, 1.807) is 0 Å². The second-order valence-electron chi connectivity index (χ2n) is 11.0. The van der Waals surface area contributed by atoms with E-state index in [1.165, 1.54) is 0 Å². The Kier molecular flexibility index (Phi) is 2.56. The first-order valence-corrected chi connectivity index (χ1v) is 15.8. The Balaban J connectivity index is 1.39. The predicted molar refractivity (Wildman–Crippen MR) is 219 cm³/mol. The summed E-state index contributed by atoms with van der Waals surface area (Å²) in [6, 6.07) is -27.1. The van der Waals surface area contributed by atoms with Crippen LogP contribution in [0.3, 0.4) is 0 Å². The highest BCUT2D eigenvalue weighted by atomic mass is 32.1. The molecule has 2 nitrogen and oxygen atoms in total. The number of aromatic nitrogens is 2. The zero-order valence-corrected chi connectivity index (χ0v) is 26.1. The highest BCUT2D eigenvalue weighted by Gasteiger charge is 2.19. The van der Waals surface area contributed by atoms with Crippen LogP contribution in [0.1, 0.15) is 41.1 Å². The van der Waals surface area contributed by atoms with E-state index < -0.39 is 259 Å². The van der Waals surface area contributed by atoms with Gasteiger partial charge in [-0.2, -0.15) is 0 Å². The summed E-state index contributed by atoms with van der Waals surface area (Å²) in [5.74, 6) is 0. The summed E-state index contributed by atoms with van der Waals surface area (Å²) in [4.78, 5) is 0. The molecule has 8 aromatic carbocycles. The van der Waals surface area contributed by atoms with Gasteiger partial charge in [0.2, 0.25) is 0 Å². The molecule has 238 valence electrons. The van der Waals surface area contributed by atoms with E-state index in [4.69, 9.17) is 27.4 Å². The van der Waals surface area contributed by atoms with Gasteiger partial charge in [0.1, 0.15) is 0 Å². The largest absolute Gasteiger partial charge is 0.309 e. The van der Waals surface area contributed by atoms with Gasteiger partial charge in [0.25, 0.3) is 0 Å². The number of hydrogen-bond acceptors (Lipinski definition) is 1. The number of hydrogen-bond donors (Lipinski definition) is 0. The van der Waals surface area contributed by atoms with Crippen molar-refractivity contribution in [3.63, 3.8) is 0 Å². The lowest BCUT2D eigenvalue weighted by Crippen LogP contribution is -1.97. The highest BCUT2D eigenvalue weighted by Crippen LogP contribution is 2.43. The van der Waals surface area contributed by atoms with Crippen LogP contribution < -0.4 is 0 Å². The van der Waals surface area contributed by atoms with Gasteiger partial charge in [-0.1, -0.05) is 115 Å². The summed E-state index contributed by atoms with van der Waals surface area (Å²) in [5.41, 5.74) is -7.42. The van der Waals surface area contributed by atoms with E-state index in [9.17, 15) is 13.7 Å². The maximum absolute atomic E-state index is 10.1. The first-order chi connectivity index (χ1) is 37.8. The molecular weight excluding hydrogens is 637 g/mol. The summed E-state index contributed by atoms with van der Waals surface area (Å²) >= 11 is 0.604. The SMILES string of the molecule is [2H]c1c([2H])c([2H])c(-c2c(-n3c4c([2H])c([2H])c([2H])c([2H])c4c4c([2H])c(-c5c([2H])c([2H])c6c(c5[2H])c5c([2H])c([2H])c([2H])c([2H])c5n6-c5c([2H])c([2H])c([2H])c([2H])c5[2H])c([2H])c([2H])c43)c([2H])c3c(sc4c([2H])c([2H])c([2H])c([2H])c43)c2[2H])c([2H])c1[2H]. The number of thiophene rings is 1. The molecule has 0 bridgehead atoms. The van der Waals surface area contributed by atoms with Gasteiger partial charge < -0.3 is 9.13 Å². The topological polar surface area (TPSA) is 9.86 Å².